The van der Waals surface area contributed by atoms with Crippen molar-refractivity contribution in [1.29, 1.82) is 0 Å². The standard InChI is InChI=1S/C16H21N3O5/c1-11(2)24-13-5-4-12(14(18-13)19(20)21)6-17-15-7-16(8-15,10-22-3)23-9-15/h4-6,11H,7-10H2,1-3H3. The zero-order chi connectivity index (χ0) is 17.4. The van der Waals surface area contributed by atoms with Crippen molar-refractivity contribution < 1.29 is 19.1 Å². The molecule has 4 rings (SSSR count). The maximum Gasteiger partial charge on any atom is 0.376 e. The van der Waals surface area contributed by atoms with Crippen LogP contribution in [0.5, 0.6) is 5.88 Å². The molecule has 3 heterocycles. The molecule has 3 aliphatic rings. The van der Waals surface area contributed by atoms with E-state index in [9.17, 15) is 10.1 Å². The molecule has 0 aromatic carbocycles. The summed E-state index contributed by atoms with van der Waals surface area (Å²) in [7, 11) is 1.65. The molecule has 130 valence electrons. The quantitative estimate of drug-likeness (QED) is 0.430. The van der Waals surface area contributed by atoms with E-state index in [2.05, 4.69) is 9.98 Å². The first kappa shape index (κ1) is 16.8. The lowest BCUT2D eigenvalue weighted by molar-refractivity contribution is -0.389. The van der Waals surface area contributed by atoms with Gasteiger partial charge in [0.05, 0.1) is 36.0 Å². The Bertz CT molecular complexity index is 668. The summed E-state index contributed by atoms with van der Waals surface area (Å²) in [5, 5.41) is 11.3. The van der Waals surface area contributed by atoms with Crippen LogP contribution in [-0.2, 0) is 9.47 Å². The number of hydrogen-bond donors (Lipinski definition) is 0. The molecule has 8 nitrogen and oxygen atoms in total. The van der Waals surface area contributed by atoms with Crippen LogP contribution in [-0.4, -0.2) is 53.7 Å². The van der Waals surface area contributed by atoms with Crippen LogP contribution in [0.4, 0.5) is 5.82 Å². The molecule has 1 aromatic rings. The zero-order valence-corrected chi connectivity index (χ0v) is 14.0. The number of ether oxygens (including phenoxy) is 3. The SMILES string of the molecule is COCC12CC(N=Cc3ccc(OC(C)C)nc3[N+](=O)[O-])(CO1)C2. The molecule has 1 aliphatic carbocycles. The van der Waals surface area contributed by atoms with Crippen molar-refractivity contribution in [1.82, 2.24) is 4.98 Å². The number of pyridine rings is 1. The molecule has 0 radical (unpaired) electrons. The molecule has 0 spiro atoms. The van der Waals surface area contributed by atoms with Crippen LogP contribution < -0.4 is 4.74 Å². The Balaban J connectivity index is 1.77. The fourth-order valence-corrected chi connectivity index (χ4v) is 3.38. The van der Waals surface area contributed by atoms with E-state index in [0.717, 1.165) is 12.8 Å². The van der Waals surface area contributed by atoms with Gasteiger partial charge in [-0.2, -0.15) is 0 Å². The molecule has 1 aromatic heterocycles. The van der Waals surface area contributed by atoms with E-state index in [0.29, 0.717) is 18.8 Å². The summed E-state index contributed by atoms with van der Waals surface area (Å²) < 4.78 is 16.4. The van der Waals surface area contributed by atoms with Gasteiger partial charge in [0.25, 0.3) is 0 Å². The van der Waals surface area contributed by atoms with Crippen LogP contribution in [0.3, 0.4) is 0 Å². The van der Waals surface area contributed by atoms with E-state index in [1.807, 2.05) is 13.8 Å². The number of methoxy groups -OCH3 is 1. The maximum atomic E-state index is 11.3. The molecule has 0 amide bonds. The van der Waals surface area contributed by atoms with Crippen LogP contribution in [0.1, 0.15) is 32.3 Å². The summed E-state index contributed by atoms with van der Waals surface area (Å²) in [6.07, 6.45) is 2.98. The van der Waals surface area contributed by atoms with Crippen LogP contribution in [0.15, 0.2) is 17.1 Å². The molecule has 1 saturated carbocycles. The van der Waals surface area contributed by atoms with Gasteiger partial charge >= 0.3 is 11.7 Å². The summed E-state index contributed by atoms with van der Waals surface area (Å²) in [4.78, 5) is 19.3. The minimum atomic E-state index is -0.520. The first-order valence-electron chi connectivity index (χ1n) is 7.87. The van der Waals surface area contributed by atoms with Gasteiger partial charge in [-0.25, -0.2) is 0 Å². The highest BCUT2D eigenvalue weighted by molar-refractivity contribution is 5.84. The Labute approximate surface area is 140 Å². The first-order valence-corrected chi connectivity index (χ1v) is 7.87. The number of nitro groups is 1. The first-order chi connectivity index (χ1) is 11.4. The average molecular weight is 335 g/mol. The Kier molecular flexibility index (Phi) is 4.27. The zero-order valence-electron chi connectivity index (χ0n) is 14.0. The van der Waals surface area contributed by atoms with Gasteiger partial charge in [-0.3, -0.25) is 4.99 Å². The van der Waals surface area contributed by atoms with Crippen molar-refractivity contribution in [2.75, 3.05) is 20.3 Å². The molecule has 8 heteroatoms. The topological polar surface area (TPSA) is 96.1 Å². The molecule has 0 atom stereocenters. The van der Waals surface area contributed by atoms with Crippen molar-refractivity contribution in [3.05, 3.63) is 27.8 Å². The fourth-order valence-electron chi connectivity index (χ4n) is 3.38. The number of fused-ring (bicyclic) bond motifs is 1. The normalized spacial score (nSPS) is 28.3. The van der Waals surface area contributed by atoms with Crippen LogP contribution in [0.25, 0.3) is 0 Å². The van der Waals surface area contributed by atoms with Crippen LogP contribution >= 0.6 is 0 Å². The molecular weight excluding hydrogens is 314 g/mol. The number of aliphatic imine (C=N–C) groups is 1. The van der Waals surface area contributed by atoms with Crippen LogP contribution in [0.2, 0.25) is 0 Å². The Morgan fingerprint density at radius 1 is 1.50 bits per heavy atom. The average Bonchev–Trinajstić information content (AvgIpc) is 3.01. The summed E-state index contributed by atoms with van der Waals surface area (Å²) in [6, 6.07) is 3.23. The van der Waals surface area contributed by atoms with Gasteiger partial charge in [-0.1, -0.05) is 0 Å². The minimum absolute atomic E-state index is 0.102. The van der Waals surface area contributed by atoms with Gasteiger partial charge in [-0.15, -0.1) is 0 Å². The molecule has 2 bridgehead atoms. The van der Waals surface area contributed by atoms with E-state index in [-0.39, 0.29) is 28.9 Å². The predicted octanol–water partition coefficient (Wildman–Crippen LogP) is 2.14. The lowest BCUT2D eigenvalue weighted by Gasteiger charge is -2.41. The van der Waals surface area contributed by atoms with Gasteiger partial charge in [0.1, 0.15) is 0 Å². The molecule has 0 unspecified atom stereocenters. The Morgan fingerprint density at radius 2 is 2.25 bits per heavy atom. The van der Waals surface area contributed by atoms with E-state index in [4.69, 9.17) is 14.2 Å². The van der Waals surface area contributed by atoms with Gasteiger partial charge in [0.15, 0.2) is 0 Å². The summed E-state index contributed by atoms with van der Waals surface area (Å²) in [6.45, 7) is 4.74. The molecule has 3 fully saturated rings. The molecule has 24 heavy (non-hydrogen) atoms. The van der Waals surface area contributed by atoms with Crippen molar-refractivity contribution >= 4 is 12.0 Å². The van der Waals surface area contributed by atoms with Crippen molar-refractivity contribution in [2.45, 2.75) is 43.9 Å². The smallest absolute Gasteiger partial charge is 0.376 e. The lowest BCUT2D eigenvalue weighted by atomic mass is 9.69. The molecule has 2 aliphatic heterocycles. The highest BCUT2D eigenvalue weighted by Crippen LogP contribution is 2.53. The third kappa shape index (κ3) is 3.11. The predicted molar refractivity (Wildman–Crippen MR) is 86.8 cm³/mol. The third-order valence-electron chi connectivity index (χ3n) is 4.24. The Hall–Kier alpha value is -2.06. The number of rotatable bonds is 7. The molecular formula is C16H21N3O5. The Morgan fingerprint density at radius 3 is 2.88 bits per heavy atom. The maximum absolute atomic E-state index is 11.3. The third-order valence-corrected chi connectivity index (χ3v) is 4.24. The largest absolute Gasteiger partial charge is 0.457 e. The number of aromatic nitrogens is 1. The monoisotopic (exact) mass is 335 g/mol. The number of nitrogens with zero attached hydrogens (tertiary/aromatic N) is 3. The lowest BCUT2D eigenvalue weighted by Crippen LogP contribution is -2.50. The van der Waals surface area contributed by atoms with Gasteiger partial charge in [0, 0.05) is 37.2 Å². The number of hydrogen-bond acceptors (Lipinski definition) is 7. The second kappa shape index (κ2) is 6.10. The van der Waals surface area contributed by atoms with Gasteiger partial charge < -0.3 is 24.3 Å². The molecule has 0 N–H and O–H groups in total. The highest BCUT2D eigenvalue weighted by atomic mass is 16.6. The van der Waals surface area contributed by atoms with E-state index in [1.165, 1.54) is 6.21 Å². The molecule has 2 saturated heterocycles. The fraction of sp³-hybridized carbons (Fsp3) is 0.625. The van der Waals surface area contributed by atoms with Crippen LogP contribution in [0, 0.1) is 10.1 Å². The van der Waals surface area contributed by atoms with Crippen molar-refractivity contribution in [3.8, 4) is 5.88 Å². The van der Waals surface area contributed by atoms with E-state index < -0.39 is 4.92 Å². The second-order valence-electron chi connectivity index (χ2n) is 6.73. The highest BCUT2D eigenvalue weighted by Gasteiger charge is 2.62. The van der Waals surface area contributed by atoms with Crippen molar-refractivity contribution in [2.24, 2.45) is 4.99 Å². The van der Waals surface area contributed by atoms with Gasteiger partial charge in [0.2, 0.25) is 0 Å². The summed E-state index contributed by atoms with van der Waals surface area (Å²) >= 11 is 0. The van der Waals surface area contributed by atoms with Crippen molar-refractivity contribution in [3.63, 3.8) is 0 Å². The summed E-state index contributed by atoms with van der Waals surface area (Å²) in [5.74, 6) is -0.0198. The van der Waals surface area contributed by atoms with E-state index in [1.54, 1.807) is 19.2 Å². The van der Waals surface area contributed by atoms with E-state index >= 15 is 0 Å². The minimum Gasteiger partial charge on any atom is -0.457 e. The second-order valence-corrected chi connectivity index (χ2v) is 6.73. The van der Waals surface area contributed by atoms with Gasteiger partial charge in [-0.05, 0) is 24.8 Å². The summed E-state index contributed by atoms with van der Waals surface area (Å²) in [5.41, 5.74) is -0.160.